The number of para-hydroxylation sites is 2. The third kappa shape index (κ3) is 4.97. The van der Waals surface area contributed by atoms with E-state index in [1.54, 1.807) is 0 Å². The Morgan fingerprint density at radius 2 is 1.46 bits per heavy atom. The van der Waals surface area contributed by atoms with Crippen LogP contribution in [0, 0.1) is 5.92 Å². The van der Waals surface area contributed by atoms with Crippen LogP contribution in [-0.4, -0.2) is 24.7 Å². The minimum atomic E-state index is 0.0648. The summed E-state index contributed by atoms with van der Waals surface area (Å²) in [4.78, 5) is 26.8. The lowest BCUT2D eigenvalue weighted by molar-refractivity contribution is -0.120. The van der Waals surface area contributed by atoms with E-state index < -0.39 is 0 Å². The first-order valence-electron chi connectivity index (χ1n) is 9.58. The standard InChI is InChI=1S/2C12H13NO/c1-10-7-8-13(9-12(10)14)11-5-3-2-4-6-11;1-10-7-8-12(14)9-13(10)11-5-3-2-4-6-11/h2-8,10H,9H2,1H3;2-7H,8-9H2,1H3. The molecule has 144 valence electrons. The van der Waals surface area contributed by atoms with Crippen molar-refractivity contribution in [3.05, 3.63) is 84.7 Å². The Bertz CT molecular complexity index is 872. The zero-order valence-corrected chi connectivity index (χ0v) is 16.4. The summed E-state index contributed by atoms with van der Waals surface area (Å²) in [5, 5.41) is 0. The molecule has 2 heterocycles. The summed E-state index contributed by atoms with van der Waals surface area (Å²) in [6, 6.07) is 19.9. The van der Waals surface area contributed by atoms with Gasteiger partial charge in [-0.15, -0.1) is 0 Å². The number of benzene rings is 2. The van der Waals surface area contributed by atoms with Crippen molar-refractivity contribution >= 4 is 22.9 Å². The van der Waals surface area contributed by atoms with Crippen LogP contribution < -0.4 is 9.80 Å². The molecule has 2 aromatic rings. The van der Waals surface area contributed by atoms with Crippen molar-refractivity contribution in [2.24, 2.45) is 5.92 Å². The van der Waals surface area contributed by atoms with Crippen LogP contribution in [0.4, 0.5) is 11.4 Å². The van der Waals surface area contributed by atoms with Crippen LogP contribution in [0.25, 0.3) is 0 Å². The molecule has 0 aromatic heterocycles. The predicted molar refractivity (Wildman–Crippen MR) is 114 cm³/mol. The van der Waals surface area contributed by atoms with E-state index in [0.717, 1.165) is 17.1 Å². The van der Waals surface area contributed by atoms with Gasteiger partial charge < -0.3 is 9.80 Å². The van der Waals surface area contributed by atoms with Crippen molar-refractivity contribution < 1.29 is 9.59 Å². The molecule has 4 nitrogen and oxygen atoms in total. The molecule has 2 aromatic carbocycles. The highest BCUT2D eigenvalue weighted by Crippen LogP contribution is 2.21. The van der Waals surface area contributed by atoms with E-state index in [1.165, 1.54) is 0 Å². The van der Waals surface area contributed by atoms with Gasteiger partial charge in [-0.2, -0.15) is 0 Å². The van der Waals surface area contributed by atoms with Crippen molar-refractivity contribution in [2.45, 2.75) is 20.3 Å². The monoisotopic (exact) mass is 374 g/mol. The van der Waals surface area contributed by atoms with Crippen molar-refractivity contribution in [1.29, 1.82) is 0 Å². The minimum absolute atomic E-state index is 0.0648. The number of carbonyl (C=O) groups excluding carboxylic acids is 2. The van der Waals surface area contributed by atoms with E-state index in [1.807, 2.05) is 103 Å². The fourth-order valence-electron chi connectivity index (χ4n) is 3.14. The third-order valence-electron chi connectivity index (χ3n) is 4.93. The Morgan fingerprint density at radius 3 is 2.07 bits per heavy atom. The Labute approximate surface area is 166 Å². The molecular weight excluding hydrogens is 348 g/mol. The highest BCUT2D eigenvalue weighted by molar-refractivity contribution is 5.89. The molecule has 0 saturated carbocycles. The molecule has 1 unspecified atom stereocenters. The molecule has 0 saturated heterocycles. The molecule has 1 atom stereocenters. The van der Waals surface area contributed by atoms with E-state index in [4.69, 9.17) is 0 Å². The Morgan fingerprint density at radius 1 is 0.857 bits per heavy atom. The first-order chi connectivity index (χ1) is 13.5. The fourth-order valence-corrected chi connectivity index (χ4v) is 3.14. The normalized spacial score (nSPS) is 19.1. The summed E-state index contributed by atoms with van der Waals surface area (Å²) in [6.07, 6.45) is 6.49. The number of rotatable bonds is 2. The Hall–Kier alpha value is -3.14. The second kappa shape index (κ2) is 9.18. The van der Waals surface area contributed by atoms with Gasteiger partial charge in [0.15, 0.2) is 11.6 Å². The van der Waals surface area contributed by atoms with Crippen molar-refractivity contribution in [1.82, 2.24) is 0 Å². The van der Waals surface area contributed by atoms with Gasteiger partial charge in [0.2, 0.25) is 0 Å². The lowest BCUT2D eigenvalue weighted by Crippen LogP contribution is -2.31. The van der Waals surface area contributed by atoms with Crippen LogP contribution in [0.5, 0.6) is 0 Å². The van der Waals surface area contributed by atoms with Crippen LogP contribution in [-0.2, 0) is 9.59 Å². The summed E-state index contributed by atoms with van der Waals surface area (Å²) in [6.45, 7) is 4.97. The van der Waals surface area contributed by atoms with E-state index in [0.29, 0.717) is 19.5 Å². The molecule has 0 fully saturated rings. The van der Waals surface area contributed by atoms with Gasteiger partial charge in [-0.3, -0.25) is 9.59 Å². The first kappa shape index (κ1) is 19.6. The fraction of sp³-hybridized carbons (Fsp3) is 0.250. The summed E-state index contributed by atoms with van der Waals surface area (Å²) in [5.74, 6) is 0.616. The van der Waals surface area contributed by atoms with Gasteiger partial charge >= 0.3 is 0 Å². The van der Waals surface area contributed by atoms with E-state index in [2.05, 4.69) is 0 Å². The van der Waals surface area contributed by atoms with Gasteiger partial charge in [-0.1, -0.05) is 55.5 Å². The summed E-state index contributed by atoms with van der Waals surface area (Å²) in [7, 11) is 0. The zero-order valence-electron chi connectivity index (χ0n) is 16.4. The second-order valence-corrected chi connectivity index (χ2v) is 7.07. The molecule has 4 heteroatoms. The topological polar surface area (TPSA) is 40.6 Å². The Balaban J connectivity index is 0.000000161. The van der Waals surface area contributed by atoms with Crippen molar-refractivity contribution in [3.63, 3.8) is 0 Å². The van der Waals surface area contributed by atoms with E-state index >= 15 is 0 Å². The predicted octanol–water partition coefficient (Wildman–Crippen LogP) is 4.60. The lowest BCUT2D eigenvalue weighted by atomic mass is 10.0. The average molecular weight is 374 g/mol. The van der Waals surface area contributed by atoms with E-state index in [-0.39, 0.29) is 17.5 Å². The smallest absolute Gasteiger partial charge is 0.159 e. The molecular formula is C24H26N2O2. The van der Waals surface area contributed by atoms with Gasteiger partial charge in [-0.25, -0.2) is 0 Å². The molecule has 0 bridgehead atoms. The average Bonchev–Trinajstić information content (AvgIpc) is 2.73. The van der Waals surface area contributed by atoms with Gasteiger partial charge in [0.1, 0.15) is 0 Å². The first-order valence-corrected chi connectivity index (χ1v) is 9.58. The molecule has 2 aliphatic rings. The highest BCUT2D eigenvalue weighted by Gasteiger charge is 2.18. The number of ketones is 2. The number of hydrogen-bond acceptors (Lipinski definition) is 4. The van der Waals surface area contributed by atoms with Crippen LogP contribution in [0.3, 0.4) is 0 Å². The second-order valence-electron chi connectivity index (χ2n) is 7.07. The number of anilines is 2. The number of nitrogens with zero attached hydrogens (tertiary/aromatic N) is 2. The van der Waals surface area contributed by atoms with Gasteiger partial charge in [0, 0.05) is 35.6 Å². The van der Waals surface area contributed by atoms with Crippen LogP contribution in [0.15, 0.2) is 84.7 Å². The summed E-state index contributed by atoms with van der Waals surface area (Å²) >= 11 is 0. The van der Waals surface area contributed by atoms with Crippen molar-refractivity contribution in [3.8, 4) is 0 Å². The molecule has 4 rings (SSSR count). The lowest BCUT2D eigenvalue weighted by Gasteiger charge is -2.27. The molecule has 28 heavy (non-hydrogen) atoms. The SMILES string of the molecule is CC1=CCC(=O)CN1c1ccccc1.CC1C=CN(c2ccccc2)CC1=O. The molecule has 0 N–H and O–H groups in total. The number of allylic oxidation sites excluding steroid dienone is 3. The van der Waals surface area contributed by atoms with Gasteiger partial charge in [0.25, 0.3) is 0 Å². The largest absolute Gasteiger partial charge is 0.341 e. The number of hydrogen-bond donors (Lipinski definition) is 0. The maximum atomic E-state index is 11.5. The highest BCUT2D eigenvalue weighted by atomic mass is 16.1. The van der Waals surface area contributed by atoms with Crippen LogP contribution in [0.1, 0.15) is 20.3 Å². The van der Waals surface area contributed by atoms with Gasteiger partial charge in [0.05, 0.1) is 13.1 Å². The Kier molecular flexibility index (Phi) is 6.43. The van der Waals surface area contributed by atoms with Crippen LogP contribution >= 0.6 is 0 Å². The molecule has 0 spiro atoms. The molecule has 0 aliphatic carbocycles. The summed E-state index contributed by atoms with van der Waals surface area (Å²) in [5.41, 5.74) is 3.33. The summed E-state index contributed by atoms with van der Waals surface area (Å²) < 4.78 is 0. The maximum absolute atomic E-state index is 11.5. The molecule has 2 aliphatic heterocycles. The molecule has 0 radical (unpaired) electrons. The third-order valence-corrected chi connectivity index (χ3v) is 4.93. The zero-order chi connectivity index (χ0) is 19.9. The molecule has 0 amide bonds. The number of carbonyl (C=O) groups is 2. The van der Waals surface area contributed by atoms with E-state index in [9.17, 15) is 9.59 Å². The van der Waals surface area contributed by atoms with Crippen molar-refractivity contribution in [2.75, 3.05) is 22.9 Å². The minimum Gasteiger partial charge on any atom is -0.341 e. The van der Waals surface area contributed by atoms with Gasteiger partial charge in [-0.05, 0) is 31.2 Å². The van der Waals surface area contributed by atoms with Crippen LogP contribution in [0.2, 0.25) is 0 Å². The quantitative estimate of drug-likeness (QED) is 0.771. The number of Topliss-reactive ketones (excluding diaryl/α,β-unsaturated/α-hetero) is 2. The maximum Gasteiger partial charge on any atom is 0.159 e.